The van der Waals surface area contributed by atoms with Gasteiger partial charge in [0.05, 0.1) is 16.2 Å². The Morgan fingerprint density at radius 3 is 2.83 bits per heavy atom. The minimum Gasteiger partial charge on any atom is -0.456 e. The van der Waals surface area contributed by atoms with Crippen LogP contribution in [0.4, 0.5) is 5.69 Å². The van der Waals surface area contributed by atoms with E-state index in [4.69, 9.17) is 4.74 Å². The average molecular weight is 360 g/mol. The largest absolute Gasteiger partial charge is 0.456 e. The van der Waals surface area contributed by atoms with E-state index < -0.39 is 10.9 Å². The maximum Gasteiger partial charge on any atom is 0.338 e. The van der Waals surface area contributed by atoms with Crippen molar-refractivity contribution in [3.8, 4) is 10.6 Å². The molecule has 0 N–H and O–H groups in total. The van der Waals surface area contributed by atoms with E-state index in [1.54, 1.807) is 18.3 Å². The maximum absolute atomic E-state index is 12.1. The van der Waals surface area contributed by atoms with Crippen molar-refractivity contribution in [3.05, 3.63) is 67.3 Å². The molecule has 0 fully saturated rings. The number of aromatic nitrogens is 1. The smallest absolute Gasteiger partial charge is 0.338 e. The molecular weight excluding hydrogens is 348 g/mol. The van der Waals surface area contributed by atoms with Crippen LogP contribution in [0.3, 0.4) is 0 Å². The first-order chi connectivity index (χ1) is 11.5. The zero-order chi connectivity index (χ0) is 17.1. The van der Waals surface area contributed by atoms with Gasteiger partial charge in [-0.3, -0.25) is 10.1 Å². The lowest BCUT2D eigenvalue weighted by Gasteiger charge is -2.04. The van der Waals surface area contributed by atoms with Crippen LogP contribution >= 0.6 is 22.7 Å². The van der Waals surface area contributed by atoms with Gasteiger partial charge in [0.1, 0.15) is 11.6 Å². The molecule has 2 aromatic heterocycles. The number of nitro groups is 1. The van der Waals surface area contributed by atoms with Crippen molar-refractivity contribution in [2.45, 2.75) is 13.5 Å². The minimum atomic E-state index is -0.530. The number of hydrogen-bond donors (Lipinski definition) is 0. The van der Waals surface area contributed by atoms with E-state index in [9.17, 15) is 14.9 Å². The number of carbonyl (C=O) groups excluding carboxylic acids is 1. The molecule has 0 saturated carbocycles. The molecule has 8 heteroatoms. The molecule has 3 rings (SSSR count). The molecule has 0 spiro atoms. The molecule has 0 aliphatic heterocycles. The van der Waals surface area contributed by atoms with Crippen molar-refractivity contribution in [2.75, 3.05) is 0 Å². The third kappa shape index (κ3) is 3.50. The first-order valence-corrected chi connectivity index (χ1v) is 8.76. The Labute approximate surface area is 145 Å². The van der Waals surface area contributed by atoms with Crippen LogP contribution in [-0.2, 0) is 11.3 Å². The molecule has 0 bridgehead atoms. The van der Waals surface area contributed by atoms with Crippen molar-refractivity contribution in [2.24, 2.45) is 0 Å². The van der Waals surface area contributed by atoms with Crippen LogP contribution in [0, 0.1) is 17.0 Å². The Bertz CT molecular complexity index is 887. The molecule has 0 unspecified atom stereocenters. The molecule has 0 saturated heterocycles. The highest BCUT2D eigenvalue weighted by Gasteiger charge is 2.15. The number of rotatable bonds is 5. The molecular formula is C16H12N2O4S2. The third-order valence-electron chi connectivity index (χ3n) is 3.30. The fraction of sp³-hybridized carbons (Fsp3) is 0.125. The number of benzene rings is 1. The standard InChI is InChI=1S/C16H12N2O4S2/c1-10-6-11(2-3-14(10)18(20)21)16(19)22-7-13-9-24-15(17-13)12-4-5-23-8-12/h2-6,8-9H,7H2,1H3. The lowest BCUT2D eigenvalue weighted by molar-refractivity contribution is -0.385. The maximum atomic E-state index is 12.1. The zero-order valence-corrected chi connectivity index (χ0v) is 14.2. The van der Waals surface area contributed by atoms with Crippen molar-refractivity contribution in [1.29, 1.82) is 0 Å². The molecule has 2 heterocycles. The van der Waals surface area contributed by atoms with Gasteiger partial charge in [-0.2, -0.15) is 11.3 Å². The topological polar surface area (TPSA) is 82.3 Å². The second-order valence-electron chi connectivity index (χ2n) is 4.99. The molecule has 0 atom stereocenters. The Hall–Kier alpha value is -2.58. The molecule has 3 aromatic rings. The quantitative estimate of drug-likeness (QED) is 0.381. The van der Waals surface area contributed by atoms with Crippen molar-refractivity contribution >= 4 is 34.3 Å². The summed E-state index contributed by atoms with van der Waals surface area (Å²) in [5, 5.41) is 17.5. The summed E-state index contributed by atoms with van der Waals surface area (Å²) in [6.07, 6.45) is 0. The molecule has 122 valence electrons. The number of carbonyl (C=O) groups is 1. The van der Waals surface area contributed by atoms with Gasteiger partial charge in [-0.05, 0) is 30.5 Å². The molecule has 6 nitrogen and oxygen atoms in total. The molecule has 0 aliphatic rings. The van der Waals surface area contributed by atoms with E-state index >= 15 is 0 Å². The SMILES string of the molecule is Cc1cc(C(=O)OCc2csc(-c3ccsc3)n2)ccc1[N+](=O)[O-]. The first-order valence-electron chi connectivity index (χ1n) is 6.94. The number of nitrogens with zero attached hydrogens (tertiary/aromatic N) is 2. The second kappa shape index (κ2) is 6.90. The Morgan fingerprint density at radius 1 is 1.33 bits per heavy atom. The third-order valence-corrected chi connectivity index (χ3v) is 4.92. The van der Waals surface area contributed by atoms with Gasteiger partial charge in [0.25, 0.3) is 5.69 Å². The lowest BCUT2D eigenvalue weighted by atomic mass is 10.1. The average Bonchev–Trinajstić information content (AvgIpc) is 3.23. The van der Waals surface area contributed by atoms with Crippen molar-refractivity contribution < 1.29 is 14.5 Å². The van der Waals surface area contributed by atoms with Gasteiger partial charge in [-0.1, -0.05) is 0 Å². The van der Waals surface area contributed by atoms with E-state index in [1.807, 2.05) is 22.2 Å². The number of hydrogen-bond acceptors (Lipinski definition) is 7. The molecule has 0 radical (unpaired) electrons. The second-order valence-corrected chi connectivity index (χ2v) is 6.63. The van der Waals surface area contributed by atoms with E-state index in [2.05, 4.69) is 4.98 Å². The predicted molar refractivity (Wildman–Crippen MR) is 92.4 cm³/mol. The van der Waals surface area contributed by atoms with E-state index in [1.165, 1.54) is 29.5 Å². The van der Waals surface area contributed by atoms with Crippen LogP contribution in [0.15, 0.2) is 40.4 Å². The van der Waals surface area contributed by atoms with Crippen LogP contribution in [0.5, 0.6) is 0 Å². The number of aryl methyl sites for hydroxylation is 1. The van der Waals surface area contributed by atoms with Crippen LogP contribution in [0.1, 0.15) is 21.6 Å². The monoisotopic (exact) mass is 360 g/mol. The number of esters is 1. The van der Waals surface area contributed by atoms with Crippen LogP contribution in [-0.4, -0.2) is 15.9 Å². The van der Waals surface area contributed by atoms with E-state index in [0.717, 1.165) is 10.6 Å². The summed E-state index contributed by atoms with van der Waals surface area (Å²) in [5.41, 5.74) is 2.41. The lowest BCUT2D eigenvalue weighted by Crippen LogP contribution is -2.06. The summed E-state index contributed by atoms with van der Waals surface area (Å²) in [6.45, 7) is 1.65. The summed E-state index contributed by atoms with van der Waals surface area (Å²) in [5.74, 6) is -0.530. The minimum absolute atomic E-state index is 0.0218. The number of nitro benzene ring substituents is 1. The normalized spacial score (nSPS) is 10.5. The fourth-order valence-corrected chi connectivity index (χ4v) is 3.62. The number of thiophene rings is 1. The van der Waals surface area contributed by atoms with Gasteiger partial charge in [-0.25, -0.2) is 9.78 Å². The summed E-state index contributed by atoms with van der Waals surface area (Å²) >= 11 is 3.09. The highest BCUT2D eigenvalue weighted by atomic mass is 32.1. The molecule has 0 aliphatic carbocycles. The van der Waals surface area contributed by atoms with Crippen LogP contribution < -0.4 is 0 Å². The highest BCUT2D eigenvalue weighted by molar-refractivity contribution is 7.14. The van der Waals surface area contributed by atoms with Crippen molar-refractivity contribution in [3.63, 3.8) is 0 Å². The van der Waals surface area contributed by atoms with E-state index in [-0.39, 0.29) is 17.9 Å². The fourth-order valence-electron chi connectivity index (χ4n) is 2.10. The zero-order valence-electron chi connectivity index (χ0n) is 12.6. The summed E-state index contributed by atoms with van der Waals surface area (Å²) in [7, 11) is 0. The molecule has 0 amide bonds. The van der Waals surface area contributed by atoms with Crippen LogP contribution in [0.2, 0.25) is 0 Å². The number of ether oxygens (including phenoxy) is 1. The van der Waals surface area contributed by atoms with Crippen LogP contribution in [0.25, 0.3) is 10.6 Å². The van der Waals surface area contributed by atoms with Gasteiger partial charge in [0.2, 0.25) is 0 Å². The van der Waals surface area contributed by atoms with E-state index in [0.29, 0.717) is 11.3 Å². The Kier molecular flexibility index (Phi) is 4.68. The van der Waals surface area contributed by atoms with Crippen molar-refractivity contribution in [1.82, 2.24) is 4.98 Å². The summed E-state index contributed by atoms with van der Waals surface area (Å²) < 4.78 is 5.24. The Balaban J connectivity index is 1.65. The van der Waals surface area contributed by atoms with Gasteiger partial charge >= 0.3 is 5.97 Å². The predicted octanol–water partition coefficient (Wildman–Crippen LogP) is 4.45. The molecule has 24 heavy (non-hydrogen) atoms. The summed E-state index contributed by atoms with van der Waals surface area (Å²) in [4.78, 5) is 26.8. The van der Waals surface area contributed by atoms with Gasteiger partial charge in [0.15, 0.2) is 0 Å². The Morgan fingerprint density at radius 2 is 2.17 bits per heavy atom. The summed E-state index contributed by atoms with van der Waals surface area (Å²) in [6, 6.07) is 6.14. The highest BCUT2D eigenvalue weighted by Crippen LogP contribution is 2.26. The van der Waals surface area contributed by atoms with Gasteiger partial charge in [-0.15, -0.1) is 11.3 Å². The van der Waals surface area contributed by atoms with Gasteiger partial charge in [0, 0.05) is 28.0 Å². The first kappa shape index (κ1) is 16.3. The molecule has 1 aromatic carbocycles. The van der Waals surface area contributed by atoms with Gasteiger partial charge < -0.3 is 4.74 Å². The number of thiazole rings is 1.